The third kappa shape index (κ3) is 3.03. The van der Waals surface area contributed by atoms with E-state index in [2.05, 4.69) is 21.9 Å². The van der Waals surface area contributed by atoms with Gasteiger partial charge < -0.3 is 5.73 Å². The number of halogens is 3. The lowest BCUT2D eigenvalue weighted by atomic mass is 10.3. The van der Waals surface area contributed by atoms with Gasteiger partial charge in [0.15, 0.2) is 5.82 Å². The number of hydrogen-bond donors (Lipinski definition) is 1. The Balaban J connectivity index is 3.50. The summed E-state index contributed by atoms with van der Waals surface area (Å²) in [6.07, 6.45) is 5.09. The molecule has 0 aliphatic rings. The van der Waals surface area contributed by atoms with Gasteiger partial charge in [0.25, 0.3) is 0 Å². The molecule has 0 aromatic heterocycles. The third-order valence-electron chi connectivity index (χ3n) is 2.39. The molecule has 4 nitrogen and oxygen atoms in total. The Bertz CT molecular complexity index is 643. The van der Waals surface area contributed by atoms with Crippen molar-refractivity contribution < 1.29 is 12.8 Å². The molecular weight excluding hydrogens is 359 g/mol. The molecule has 0 unspecified atom stereocenters. The topological polar surface area (TPSA) is 63.4 Å². The van der Waals surface area contributed by atoms with E-state index in [9.17, 15) is 12.8 Å². The van der Waals surface area contributed by atoms with Crippen LogP contribution in [0.2, 0.25) is 5.02 Å². The number of hydrogen-bond acceptors (Lipinski definition) is 3. The summed E-state index contributed by atoms with van der Waals surface area (Å²) in [6.45, 7) is 1.54. The van der Waals surface area contributed by atoms with Crippen LogP contribution in [0.5, 0.6) is 0 Å². The molecule has 0 amide bonds. The molecule has 0 saturated carbocycles. The van der Waals surface area contributed by atoms with Crippen LogP contribution in [-0.2, 0) is 10.0 Å². The molecule has 0 fully saturated rings. The van der Waals surface area contributed by atoms with Gasteiger partial charge in [-0.1, -0.05) is 24.4 Å². The number of nitrogens with two attached hydrogens (primary N) is 1. The highest BCUT2D eigenvalue weighted by atomic mass is 79.9. The minimum absolute atomic E-state index is 0.00855. The van der Waals surface area contributed by atoms with Crippen molar-refractivity contribution in [3.05, 3.63) is 21.4 Å². The maximum absolute atomic E-state index is 14.0. The predicted molar refractivity (Wildman–Crippen MR) is 76.8 cm³/mol. The normalized spacial score (nSPS) is 11.6. The Morgan fingerprint density at radius 3 is 2.68 bits per heavy atom. The molecule has 0 aliphatic carbocycles. The smallest absolute Gasteiger partial charge is 0.246 e. The molecule has 2 N–H and O–H groups in total. The number of nitrogens with zero attached hydrogens (tertiary/aromatic N) is 1. The maximum atomic E-state index is 14.0. The van der Waals surface area contributed by atoms with Gasteiger partial charge in [-0.2, -0.15) is 4.31 Å². The number of nitrogen functional groups attached to an aromatic ring is 1. The first kappa shape index (κ1) is 16.2. The molecule has 1 aromatic carbocycles. The van der Waals surface area contributed by atoms with Gasteiger partial charge in [0.05, 0.1) is 21.7 Å². The Hall–Kier alpha value is -0.810. The van der Waals surface area contributed by atoms with E-state index in [-0.39, 0.29) is 28.3 Å². The van der Waals surface area contributed by atoms with Gasteiger partial charge in [0.2, 0.25) is 10.0 Å². The zero-order valence-corrected chi connectivity index (χ0v) is 13.1. The van der Waals surface area contributed by atoms with Crippen LogP contribution in [0.4, 0.5) is 10.1 Å². The molecular formula is C11H11BrClFN2O2S. The summed E-state index contributed by atoms with van der Waals surface area (Å²) in [5.41, 5.74) is 5.11. The summed E-state index contributed by atoms with van der Waals surface area (Å²) in [6, 6.07) is 1.01. The van der Waals surface area contributed by atoms with Crippen molar-refractivity contribution >= 4 is 43.2 Å². The monoisotopic (exact) mass is 368 g/mol. The van der Waals surface area contributed by atoms with Gasteiger partial charge in [-0.05, 0) is 22.0 Å². The van der Waals surface area contributed by atoms with Gasteiger partial charge in [-0.15, -0.1) is 6.42 Å². The lowest BCUT2D eigenvalue weighted by Gasteiger charge is -2.19. The molecule has 0 atom stereocenters. The highest BCUT2D eigenvalue weighted by Gasteiger charge is 2.28. The zero-order chi connectivity index (χ0) is 14.8. The Labute approximate surface area is 124 Å². The summed E-state index contributed by atoms with van der Waals surface area (Å²) in [5, 5.41) is 0.00855. The van der Waals surface area contributed by atoms with Crippen molar-refractivity contribution in [2.45, 2.75) is 11.8 Å². The van der Waals surface area contributed by atoms with Crippen LogP contribution in [0.1, 0.15) is 6.92 Å². The average molecular weight is 370 g/mol. The highest BCUT2D eigenvalue weighted by Crippen LogP contribution is 2.35. The summed E-state index contributed by atoms with van der Waals surface area (Å²) in [4.78, 5) is -0.588. The van der Waals surface area contributed by atoms with Crippen LogP contribution in [0.15, 0.2) is 15.4 Å². The third-order valence-corrected chi connectivity index (χ3v) is 5.70. The van der Waals surface area contributed by atoms with Crippen molar-refractivity contribution in [2.75, 3.05) is 18.8 Å². The van der Waals surface area contributed by atoms with Crippen molar-refractivity contribution in [3.63, 3.8) is 0 Å². The van der Waals surface area contributed by atoms with E-state index < -0.39 is 20.7 Å². The molecule has 0 aliphatic heterocycles. The number of terminal acetylenes is 1. The molecule has 104 valence electrons. The summed E-state index contributed by atoms with van der Waals surface area (Å²) in [5.74, 6) is 1.16. The predicted octanol–water partition coefficient (Wildman–Crippen LogP) is 2.47. The fourth-order valence-corrected chi connectivity index (χ4v) is 3.42. The molecule has 1 rings (SSSR count). The van der Waals surface area contributed by atoms with Gasteiger partial charge in [-0.3, -0.25) is 0 Å². The fourth-order valence-electron chi connectivity index (χ4n) is 1.39. The van der Waals surface area contributed by atoms with Crippen LogP contribution in [0.25, 0.3) is 0 Å². The molecule has 0 bridgehead atoms. The average Bonchev–Trinajstić information content (AvgIpc) is 2.37. The van der Waals surface area contributed by atoms with Gasteiger partial charge in [0, 0.05) is 6.54 Å². The zero-order valence-electron chi connectivity index (χ0n) is 9.95. The van der Waals surface area contributed by atoms with Crippen molar-refractivity contribution in [1.29, 1.82) is 0 Å². The lowest BCUT2D eigenvalue weighted by Crippen LogP contribution is -2.32. The summed E-state index contributed by atoms with van der Waals surface area (Å²) >= 11 is 8.78. The highest BCUT2D eigenvalue weighted by molar-refractivity contribution is 9.10. The lowest BCUT2D eigenvalue weighted by molar-refractivity contribution is 0.458. The van der Waals surface area contributed by atoms with E-state index in [4.69, 9.17) is 23.8 Å². The molecule has 0 radical (unpaired) electrons. The second-order valence-corrected chi connectivity index (χ2v) is 6.64. The van der Waals surface area contributed by atoms with Gasteiger partial charge in [-0.25, -0.2) is 12.8 Å². The first-order chi connectivity index (χ1) is 8.77. The standard InChI is InChI=1S/C11H11BrClFN2O2S/c1-3-5-16(4-2)19(17,18)8-6-7(13)9(12)11(15)10(8)14/h1,6H,4-5,15H2,2H3. The van der Waals surface area contributed by atoms with E-state index in [0.717, 1.165) is 10.4 Å². The largest absolute Gasteiger partial charge is 0.395 e. The van der Waals surface area contributed by atoms with Crippen molar-refractivity contribution in [1.82, 2.24) is 4.31 Å². The summed E-state index contributed by atoms with van der Waals surface area (Å²) in [7, 11) is -4.08. The van der Waals surface area contributed by atoms with Crippen LogP contribution in [0.3, 0.4) is 0 Å². The van der Waals surface area contributed by atoms with Crippen molar-refractivity contribution in [2.24, 2.45) is 0 Å². The second-order valence-electron chi connectivity index (χ2n) is 3.53. The van der Waals surface area contributed by atoms with E-state index in [0.29, 0.717) is 0 Å². The minimum Gasteiger partial charge on any atom is -0.395 e. The fraction of sp³-hybridized carbons (Fsp3) is 0.273. The van der Waals surface area contributed by atoms with Crippen LogP contribution < -0.4 is 5.73 Å². The second kappa shape index (κ2) is 6.09. The van der Waals surface area contributed by atoms with Gasteiger partial charge >= 0.3 is 0 Å². The Morgan fingerprint density at radius 2 is 2.21 bits per heavy atom. The van der Waals surface area contributed by atoms with Gasteiger partial charge in [0.1, 0.15) is 4.90 Å². The molecule has 0 spiro atoms. The first-order valence-corrected chi connectivity index (χ1v) is 7.75. The quantitative estimate of drug-likeness (QED) is 0.504. The maximum Gasteiger partial charge on any atom is 0.246 e. The number of benzene rings is 1. The number of anilines is 1. The van der Waals surface area contributed by atoms with Crippen molar-refractivity contribution in [3.8, 4) is 12.3 Å². The molecule has 8 heteroatoms. The van der Waals surface area contributed by atoms with E-state index in [1.807, 2.05) is 0 Å². The Morgan fingerprint density at radius 1 is 1.63 bits per heavy atom. The van der Waals surface area contributed by atoms with Crippen LogP contribution in [0, 0.1) is 18.2 Å². The molecule has 19 heavy (non-hydrogen) atoms. The molecule has 0 heterocycles. The minimum atomic E-state index is -4.08. The van der Waals surface area contributed by atoms with E-state index in [1.165, 1.54) is 0 Å². The molecule has 0 saturated heterocycles. The van der Waals surface area contributed by atoms with E-state index in [1.54, 1.807) is 6.92 Å². The van der Waals surface area contributed by atoms with Crippen LogP contribution >= 0.6 is 27.5 Å². The van der Waals surface area contributed by atoms with E-state index >= 15 is 0 Å². The summed E-state index contributed by atoms with van der Waals surface area (Å²) < 4.78 is 39.6. The van der Waals surface area contributed by atoms with Crippen LogP contribution in [-0.4, -0.2) is 25.8 Å². The Kier molecular flexibility index (Phi) is 5.21. The molecule has 1 aromatic rings. The SMILES string of the molecule is C#CCN(CC)S(=O)(=O)c1cc(Cl)c(Br)c(N)c1F. The number of sulfonamides is 1. The number of rotatable bonds is 4. The first-order valence-electron chi connectivity index (χ1n) is 5.13.